The zero-order valence-electron chi connectivity index (χ0n) is 13.1. The second-order valence-electron chi connectivity index (χ2n) is 5.71. The molecule has 0 radical (unpaired) electrons. The van der Waals surface area contributed by atoms with Crippen LogP contribution in [0, 0.1) is 11.8 Å². The van der Waals surface area contributed by atoms with Crippen LogP contribution >= 0.6 is 0 Å². The molecule has 7 nitrogen and oxygen atoms in total. The summed E-state index contributed by atoms with van der Waals surface area (Å²) in [6.45, 7) is 0. The quantitative estimate of drug-likeness (QED) is 0.629. The number of benzene rings is 1. The Balaban J connectivity index is 1.98. The van der Waals surface area contributed by atoms with Gasteiger partial charge in [-0.05, 0) is 17.7 Å². The van der Waals surface area contributed by atoms with Crippen LogP contribution in [0.4, 0.5) is 0 Å². The first-order valence-electron chi connectivity index (χ1n) is 7.28. The van der Waals surface area contributed by atoms with Gasteiger partial charge in [0.25, 0.3) is 0 Å². The molecule has 1 aromatic carbocycles. The molecule has 2 aliphatic rings. The predicted octanol–water partition coefficient (Wildman–Crippen LogP) is 0.112. The van der Waals surface area contributed by atoms with Gasteiger partial charge in [0.2, 0.25) is 11.8 Å². The minimum absolute atomic E-state index is 0.278. The van der Waals surface area contributed by atoms with Gasteiger partial charge in [-0.3, -0.25) is 24.6 Å². The molecule has 0 aromatic heterocycles. The van der Waals surface area contributed by atoms with E-state index in [2.05, 4.69) is 5.32 Å². The molecule has 1 aromatic rings. The van der Waals surface area contributed by atoms with Gasteiger partial charge in [0.1, 0.15) is 11.8 Å². The Labute approximate surface area is 133 Å². The van der Waals surface area contributed by atoms with Gasteiger partial charge in [-0.2, -0.15) is 0 Å². The van der Waals surface area contributed by atoms with Crippen LogP contribution in [0.15, 0.2) is 24.3 Å². The highest BCUT2D eigenvalue weighted by Gasteiger charge is 2.60. The largest absolute Gasteiger partial charge is 0.497 e. The lowest BCUT2D eigenvalue weighted by Gasteiger charge is -2.19. The number of methoxy groups -OCH3 is 2. The second-order valence-corrected chi connectivity index (χ2v) is 5.71. The molecule has 2 saturated heterocycles. The van der Waals surface area contributed by atoms with Crippen molar-refractivity contribution in [2.75, 3.05) is 21.3 Å². The van der Waals surface area contributed by atoms with Crippen LogP contribution in [0.25, 0.3) is 0 Å². The number of carbonyl (C=O) groups excluding carboxylic acids is 3. The monoisotopic (exact) mass is 318 g/mol. The van der Waals surface area contributed by atoms with Crippen molar-refractivity contribution < 1.29 is 23.9 Å². The molecular weight excluding hydrogens is 300 g/mol. The molecule has 0 spiro atoms. The molecule has 2 fully saturated rings. The molecule has 0 unspecified atom stereocenters. The summed E-state index contributed by atoms with van der Waals surface area (Å²) in [7, 11) is 4.29. The van der Waals surface area contributed by atoms with Crippen molar-refractivity contribution >= 4 is 17.8 Å². The summed E-state index contributed by atoms with van der Waals surface area (Å²) < 4.78 is 9.91. The van der Waals surface area contributed by atoms with Gasteiger partial charge in [0, 0.05) is 13.1 Å². The summed E-state index contributed by atoms with van der Waals surface area (Å²) >= 11 is 0. The minimum atomic E-state index is -0.821. The number of amides is 2. The van der Waals surface area contributed by atoms with Crippen molar-refractivity contribution in [3.05, 3.63) is 29.8 Å². The highest BCUT2D eigenvalue weighted by atomic mass is 16.5. The van der Waals surface area contributed by atoms with Crippen molar-refractivity contribution in [1.82, 2.24) is 10.2 Å². The highest BCUT2D eigenvalue weighted by Crippen LogP contribution is 2.43. The van der Waals surface area contributed by atoms with E-state index in [1.165, 1.54) is 14.2 Å². The number of nitrogens with one attached hydrogen (secondary N) is 1. The van der Waals surface area contributed by atoms with Crippen molar-refractivity contribution in [2.24, 2.45) is 11.8 Å². The van der Waals surface area contributed by atoms with Crippen LogP contribution in [0.2, 0.25) is 0 Å². The van der Waals surface area contributed by atoms with Crippen LogP contribution in [0.3, 0.4) is 0 Å². The van der Waals surface area contributed by atoms with Gasteiger partial charge >= 0.3 is 5.97 Å². The van der Waals surface area contributed by atoms with E-state index in [9.17, 15) is 14.4 Å². The maximum atomic E-state index is 12.4. The normalized spacial score (nSPS) is 29.6. The third-order valence-corrected chi connectivity index (χ3v) is 4.63. The number of rotatable bonds is 3. The number of fused-ring (bicyclic) bond motifs is 1. The van der Waals surface area contributed by atoms with E-state index >= 15 is 0 Å². The van der Waals surface area contributed by atoms with E-state index < -0.39 is 29.9 Å². The molecule has 2 aliphatic heterocycles. The Hall–Kier alpha value is -2.41. The summed E-state index contributed by atoms with van der Waals surface area (Å²) in [4.78, 5) is 37.9. The van der Waals surface area contributed by atoms with E-state index in [1.54, 1.807) is 19.2 Å². The smallest absolute Gasteiger partial charge is 0.323 e. The minimum Gasteiger partial charge on any atom is -0.497 e. The number of nitrogens with zero attached hydrogens (tertiary/aromatic N) is 1. The van der Waals surface area contributed by atoms with E-state index in [0.29, 0.717) is 5.75 Å². The summed E-state index contributed by atoms with van der Waals surface area (Å²) in [5.74, 6) is -1.80. The Bertz CT molecular complexity index is 657. The number of ether oxygens (including phenoxy) is 2. The maximum Gasteiger partial charge on any atom is 0.323 e. The summed E-state index contributed by atoms with van der Waals surface area (Å²) in [6.07, 6.45) is 0. The Kier molecular flexibility index (Phi) is 3.81. The molecule has 3 rings (SSSR count). The third kappa shape index (κ3) is 2.28. The first kappa shape index (κ1) is 15.5. The first-order chi connectivity index (χ1) is 11.0. The lowest BCUT2D eigenvalue weighted by Crippen LogP contribution is -2.42. The topological polar surface area (TPSA) is 84.9 Å². The summed E-state index contributed by atoms with van der Waals surface area (Å²) in [5.41, 5.74) is 0.823. The van der Waals surface area contributed by atoms with Crippen molar-refractivity contribution in [1.29, 1.82) is 0 Å². The fourth-order valence-electron chi connectivity index (χ4n) is 3.42. The molecule has 0 saturated carbocycles. The van der Waals surface area contributed by atoms with Crippen molar-refractivity contribution in [2.45, 2.75) is 12.1 Å². The average Bonchev–Trinajstić information content (AvgIpc) is 3.08. The van der Waals surface area contributed by atoms with Crippen molar-refractivity contribution in [3.63, 3.8) is 0 Å². The molecular formula is C16H18N2O5. The fraction of sp³-hybridized carbons (Fsp3) is 0.438. The van der Waals surface area contributed by atoms with E-state index in [-0.39, 0.29) is 11.8 Å². The second kappa shape index (κ2) is 5.66. The Morgan fingerprint density at radius 3 is 2.26 bits per heavy atom. The van der Waals surface area contributed by atoms with Crippen LogP contribution in [-0.4, -0.2) is 50.0 Å². The number of esters is 1. The van der Waals surface area contributed by atoms with Crippen LogP contribution in [0.1, 0.15) is 11.6 Å². The molecule has 0 bridgehead atoms. The first-order valence-corrected chi connectivity index (χ1v) is 7.28. The fourth-order valence-corrected chi connectivity index (χ4v) is 3.42. The van der Waals surface area contributed by atoms with Crippen LogP contribution in [0.5, 0.6) is 5.75 Å². The maximum absolute atomic E-state index is 12.4. The van der Waals surface area contributed by atoms with Crippen LogP contribution in [-0.2, 0) is 19.1 Å². The van der Waals surface area contributed by atoms with Crippen LogP contribution < -0.4 is 10.1 Å². The Morgan fingerprint density at radius 1 is 1.09 bits per heavy atom. The SMILES string of the molecule is COC(=O)[C@H]1N[C@@H](c2ccc(OC)cc2)[C@H]2C(=O)N(C)C(=O)[C@H]21. The van der Waals surface area contributed by atoms with Gasteiger partial charge in [-0.25, -0.2) is 0 Å². The van der Waals surface area contributed by atoms with E-state index in [0.717, 1.165) is 10.5 Å². The zero-order valence-corrected chi connectivity index (χ0v) is 13.1. The number of hydrogen-bond acceptors (Lipinski definition) is 6. The molecule has 2 heterocycles. The number of carbonyl (C=O) groups is 3. The summed E-state index contributed by atoms with van der Waals surface area (Å²) in [6, 6.07) is 5.97. The van der Waals surface area contributed by atoms with E-state index in [4.69, 9.17) is 9.47 Å². The van der Waals surface area contributed by atoms with Gasteiger partial charge in [-0.15, -0.1) is 0 Å². The van der Waals surface area contributed by atoms with Gasteiger partial charge in [0.05, 0.1) is 26.1 Å². The standard InChI is InChI=1S/C16H18N2O5/c1-18-14(19)10-11(15(18)20)13(16(21)23-3)17-12(10)8-4-6-9(22-2)7-5-8/h4-7,10-13,17H,1-3H3/t10-,11+,12-,13-/m0/s1. The lowest BCUT2D eigenvalue weighted by molar-refractivity contribution is -0.147. The average molecular weight is 318 g/mol. The Morgan fingerprint density at radius 2 is 1.70 bits per heavy atom. The number of imide groups is 1. The van der Waals surface area contributed by atoms with Gasteiger partial charge < -0.3 is 9.47 Å². The predicted molar refractivity (Wildman–Crippen MR) is 79.4 cm³/mol. The molecule has 1 N–H and O–H groups in total. The highest BCUT2D eigenvalue weighted by molar-refractivity contribution is 6.08. The summed E-state index contributed by atoms with van der Waals surface area (Å²) in [5, 5.41) is 3.10. The van der Waals surface area contributed by atoms with E-state index in [1.807, 2.05) is 12.1 Å². The lowest BCUT2D eigenvalue weighted by atomic mass is 9.86. The number of likely N-dealkylation sites (tertiary alicyclic amines) is 1. The third-order valence-electron chi connectivity index (χ3n) is 4.63. The molecule has 2 amide bonds. The zero-order chi connectivity index (χ0) is 16.7. The van der Waals surface area contributed by atoms with Crippen molar-refractivity contribution in [3.8, 4) is 5.75 Å². The molecule has 122 valence electrons. The molecule has 7 heteroatoms. The van der Waals surface area contributed by atoms with Gasteiger partial charge in [0.15, 0.2) is 0 Å². The number of hydrogen-bond donors (Lipinski definition) is 1. The molecule has 4 atom stereocenters. The molecule has 0 aliphatic carbocycles. The molecule has 23 heavy (non-hydrogen) atoms. The van der Waals surface area contributed by atoms with Gasteiger partial charge in [-0.1, -0.05) is 12.1 Å².